The van der Waals surface area contributed by atoms with Crippen LogP contribution in [0.5, 0.6) is 0 Å². The van der Waals surface area contributed by atoms with Gasteiger partial charge in [-0.1, -0.05) is 0 Å². The second-order valence-corrected chi connectivity index (χ2v) is 6.76. The fourth-order valence-corrected chi connectivity index (χ4v) is 3.40. The molecule has 3 heterocycles. The summed E-state index contributed by atoms with van der Waals surface area (Å²) >= 11 is 0. The van der Waals surface area contributed by atoms with Crippen molar-refractivity contribution in [1.82, 2.24) is 30.1 Å². The Labute approximate surface area is 149 Å². The van der Waals surface area contributed by atoms with Gasteiger partial charge in [0.1, 0.15) is 11.0 Å². The first-order valence-electron chi connectivity index (χ1n) is 8.75. The molecule has 0 aliphatic carbocycles. The highest BCUT2D eigenvalue weighted by atomic mass is 16.2. The number of benzene rings is 1. The zero-order chi connectivity index (χ0) is 18.1. The van der Waals surface area contributed by atoms with Gasteiger partial charge in [-0.15, -0.1) is 0 Å². The zero-order valence-electron chi connectivity index (χ0n) is 14.6. The van der Waals surface area contributed by atoms with E-state index >= 15 is 0 Å². The molecule has 1 N–H and O–H groups in total. The summed E-state index contributed by atoms with van der Waals surface area (Å²) in [6, 6.07) is 8.64. The Bertz CT molecular complexity index is 1000. The number of piperidine rings is 1. The minimum absolute atomic E-state index is 0.0131. The molecular formula is C18H20N6O2. The van der Waals surface area contributed by atoms with Crippen molar-refractivity contribution >= 4 is 16.9 Å². The van der Waals surface area contributed by atoms with Gasteiger partial charge in [-0.05, 0) is 49.9 Å². The Morgan fingerprint density at radius 1 is 1.15 bits per heavy atom. The topological polar surface area (TPSA) is 96.8 Å². The van der Waals surface area contributed by atoms with Crippen molar-refractivity contribution < 1.29 is 4.79 Å². The number of hydrogen-bond acceptors (Lipinski definition) is 5. The van der Waals surface area contributed by atoms with E-state index in [-0.39, 0.29) is 11.5 Å². The van der Waals surface area contributed by atoms with Crippen molar-refractivity contribution in [2.24, 2.45) is 5.92 Å². The van der Waals surface area contributed by atoms with Crippen LogP contribution in [0.15, 0.2) is 35.1 Å². The standard InChI is InChI=1S/C18H20N6O2/c1-12-2-5-17(25)24(21-12)11-13-6-8-23(9-7-13)18(26)14-3-4-15-16(10-14)20-22-19-15/h2-5,10,13H,6-9,11H2,1H3,(H,19,20,22). The highest BCUT2D eigenvalue weighted by Gasteiger charge is 2.24. The van der Waals surface area contributed by atoms with E-state index in [1.54, 1.807) is 30.3 Å². The molecule has 134 valence electrons. The van der Waals surface area contributed by atoms with Crippen LogP contribution in [0.1, 0.15) is 28.9 Å². The monoisotopic (exact) mass is 352 g/mol. The Morgan fingerprint density at radius 3 is 2.73 bits per heavy atom. The molecule has 1 fully saturated rings. The highest BCUT2D eigenvalue weighted by Crippen LogP contribution is 2.21. The Kier molecular flexibility index (Phi) is 4.24. The van der Waals surface area contributed by atoms with Crippen LogP contribution in [0.3, 0.4) is 0 Å². The highest BCUT2D eigenvalue weighted by molar-refractivity contribution is 5.97. The molecule has 8 heteroatoms. The molecule has 0 atom stereocenters. The number of hydrogen-bond donors (Lipinski definition) is 1. The first-order chi connectivity index (χ1) is 12.6. The van der Waals surface area contributed by atoms with Gasteiger partial charge >= 0.3 is 0 Å². The fraction of sp³-hybridized carbons (Fsp3) is 0.389. The van der Waals surface area contributed by atoms with Crippen LogP contribution in [0, 0.1) is 12.8 Å². The number of carbonyl (C=O) groups excluding carboxylic acids is 1. The van der Waals surface area contributed by atoms with Gasteiger partial charge in [0, 0.05) is 31.3 Å². The molecule has 1 aromatic carbocycles. The van der Waals surface area contributed by atoms with Gasteiger partial charge in [-0.25, -0.2) is 4.68 Å². The molecule has 1 amide bonds. The predicted molar refractivity (Wildman–Crippen MR) is 95.8 cm³/mol. The van der Waals surface area contributed by atoms with E-state index in [1.165, 1.54) is 4.68 Å². The quantitative estimate of drug-likeness (QED) is 0.768. The van der Waals surface area contributed by atoms with Crippen molar-refractivity contribution in [2.45, 2.75) is 26.3 Å². The van der Waals surface area contributed by atoms with Crippen LogP contribution in [0.4, 0.5) is 0 Å². The van der Waals surface area contributed by atoms with Gasteiger partial charge in [0.05, 0.1) is 5.69 Å². The van der Waals surface area contributed by atoms with Crippen molar-refractivity contribution in [2.75, 3.05) is 13.1 Å². The molecule has 8 nitrogen and oxygen atoms in total. The lowest BCUT2D eigenvalue weighted by Gasteiger charge is -2.32. The van der Waals surface area contributed by atoms with Gasteiger partial charge in [-0.3, -0.25) is 9.59 Å². The summed E-state index contributed by atoms with van der Waals surface area (Å²) in [7, 11) is 0. The van der Waals surface area contributed by atoms with Gasteiger partial charge < -0.3 is 4.90 Å². The van der Waals surface area contributed by atoms with Gasteiger partial charge in [0.2, 0.25) is 0 Å². The molecule has 0 spiro atoms. The van der Waals surface area contributed by atoms with Crippen LogP contribution in [-0.4, -0.2) is 49.1 Å². The maximum atomic E-state index is 12.7. The lowest BCUT2D eigenvalue weighted by Crippen LogP contribution is -2.40. The number of aromatic amines is 1. The molecule has 2 aromatic heterocycles. The number of nitrogens with one attached hydrogen (secondary N) is 1. The number of aromatic nitrogens is 5. The normalized spacial score (nSPS) is 15.5. The molecule has 0 unspecified atom stereocenters. The molecule has 3 aromatic rings. The lowest BCUT2D eigenvalue weighted by molar-refractivity contribution is 0.0680. The third-order valence-corrected chi connectivity index (χ3v) is 4.90. The molecule has 0 bridgehead atoms. The first kappa shape index (κ1) is 16.4. The summed E-state index contributed by atoms with van der Waals surface area (Å²) in [5, 5.41) is 14.9. The van der Waals surface area contributed by atoms with Crippen LogP contribution in [0.2, 0.25) is 0 Å². The van der Waals surface area contributed by atoms with Crippen molar-refractivity contribution in [3.63, 3.8) is 0 Å². The third-order valence-electron chi connectivity index (χ3n) is 4.90. The molecule has 1 aliphatic heterocycles. The second-order valence-electron chi connectivity index (χ2n) is 6.76. The molecule has 0 radical (unpaired) electrons. The Hall–Kier alpha value is -3.03. The van der Waals surface area contributed by atoms with Crippen molar-refractivity contribution in [3.8, 4) is 0 Å². The molecule has 1 saturated heterocycles. The van der Waals surface area contributed by atoms with Gasteiger partial charge in [0.15, 0.2) is 0 Å². The SMILES string of the molecule is Cc1ccc(=O)n(CC2CCN(C(=O)c3ccc4n[nH]nc4c3)CC2)n1. The summed E-state index contributed by atoms with van der Waals surface area (Å²) in [6.07, 6.45) is 1.72. The van der Waals surface area contributed by atoms with Gasteiger partial charge in [0.25, 0.3) is 11.5 Å². The number of fused-ring (bicyclic) bond motifs is 1. The van der Waals surface area contributed by atoms with E-state index < -0.39 is 0 Å². The zero-order valence-corrected chi connectivity index (χ0v) is 14.6. The number of aryl methyl sites for hydroxylation is 1. The predicted octanol–water partition coefficient (Wildman–Crippen LogP) is 1.38. The van der Waals surface area contributed by atoms with E-state index in [0.29, 0.717) is 36.6 Å². The van der Waals surface area contributed by atoms with Crippen LogP contribution < -0.4 is 5.56 Å². The number of likely N-dealkylation sites (tertiary alicyclic amines) is 1. The van der Waals surface area contributed by atoms with Gasteiger partial charge in [-0.2, -0.15) is 20.5 Å². The number of rotatable bonds is 3. The van der Waals surface area contributed by atoms with Crippen LogP contribution >= 0.6 is 0 Å². The molecule has 0 saturated carbocycles. The summed E-state index contributed by atoms with van der Waals surface area (Å²) < 4.78 is 1.54. The molecular weight excluding hydrogens is 332 g/mol. The Morgan fingerprint density at radius 2 is 1.92 bits per heavy atom. The summed E-state index contributed by atoms with van der Waals surface area (Å²) in [5.41, 5.74) is 2.82. The number of carbonyl (C=O) groups is 1. The average Bonchev–Trinajstić information content (AvgIpc) is 3.12. The minimum atomic E-state index is -0.0741. The largest absolute Gasteiger partial charge is 0.339 e. The summed E-state index contributed by atoms with van der Waals surface area (Å²) in [5.74, 6) is 0.364. The molecule has 26 heavy (non-hydrogen) atoms. The van der Waals surface area contributed by atoms with E-state index in [9.17, 15) is 9.59 Å². The van der Waals surface area contributed by atoms with E-state index in [2.05, 4.69) is 20.5 Å². The average molecular weight is 352 g/mol. The van der Waals surface area contributed by atoms with Crippen LogP contribution in [-0.2, 0) is 6.54 Å². The van der Waals surface area contributed by atoms with E-state index in [1.807, 2.05) is 11.8 Å². The molecule has 1 aliphatic rings. The number of H-pyrrole nitrogens is 1. The maximum Gasteiger partial charge on any atom is 0.266 e. The summed E-state index contributed by atoms with van der Waals surface area (Å²) in [6.45, 7) is 3.85. The Balaban J connectivity index is 1.40. The number of nitrogens with zero attached hydrogens (tertiary/aromatic N) is 5. The first-order valence-corrected chi connectivity index (χ1v) is 8.75. The van der Waals surface area contributed by atoms with E-state index in [4.69, 9.17) is 0 Å². The minimum Gasteiger partial charge on any atom is -0.339 e. The molecule has 4 rings (SSSR count). The number of amides is 1. The lowest BCUT2D eigenvalue weighted by atomic mass is 9.96. The summed E-state index contributed by atoms with van der Waals surface area (Å²) in [4.78, 5) is 26.5. The van der Waals surface area contributed by atoms with Crippen molar-refractivity contribution in [3.05, 3.63) is 51.9 Å². The van der Waals surface area contributed by atoms with Crippen molar-refractivity contribution in [1.29, 1.82) is 0 Å². The maximum absolute atomic E-state index is 12.7. The second kappa shape index (κ2) is 6.70. The fourth-order valence-electron chi connectivity index (χ4n) is 3.40. The van der Waals surface area contributed by atoms with Crippen LogP contribution in [0.25, 0.3) is 11.0 Å². The smallest absolute Gasteiger partial charge is 0.266 e. The third kappa shape index (κ3) is 3.22. The van der Waals surface area contributed by atoms with E-state index in [0.717, 1.165) is 24.1 Å².